The van der Waals surface area contributed by atoms with Crippen LogP contribution in [0.2, 0.25) is 0 Å². The summed E-state index contributed by atoms with van der Waals surface area (Å²) >= 11 is 0. The van der Waals surface area contributed by atoms with Gasteiger partial charge in [0.2, 0.25) is 0 Å². The Balaban J connectivity index is 2.37. The number of hydrogen-bond donors (Lipinski definition) is 1. The molecule has 10 heavy (non-hydrogen) atoms. The second kappa shape index (κ2) is 3.20. The zero-order chi connectivity index (χ0) is 7.56. The second-order valence-corrected chi connectivity index (χ2v) is 3.25. The molecule has 0 spiro atoms. The van der Waals surface area contributed by atoms with Crippen LogP contribution in [0.5, 0.6) is 0 Å². The Bertz CT molecular complexity index is 129. The maximum atomic E-state index is 4.05. The molecule has 0 saturated carbocycles. The van der Waals surface area contributed by atoms with Gasteiger partial charge in [-0.3, -0.25) is 0 Å². The van der Waals surface area contributed by atoms with Gasteiger partial charge < -0.3 is 5.32 Å². The van der Waals surface area contributed by atoms with Crippen LogP contribution >= 0.6 is 0 Å². The molecule has 2 atom stereocenters. The fraction of sp³-hybridized carbons (Fsp3) is 0.778. The number of rotatable bonds is 2. The van der Waals surface area contributed by atoms with Crippen molar-refractivity contribution in [2.45, 2.75) is 32.7 Å². The van der Waals surface area contributed by atoms with Gasteiger partial charge in [-0.1, -0.05) is 19.1 Å². The van der Waals surface area contributed by atoms with E-state index in [1.165, 1.54) is 12.0 Å². The van der Waals surface area contributed by atoms with Crippen LogP contribution < -0.4 is 5.32 Å². The second-order valence-electron chi connectivity index (χ2n) is 3.25. The van der Waals surface area contributed by atoms with Crippen LogP contribution in [-0.2, 0) is 0 Å². The predicted octanol–water partition coefficient (Wildman–Crippen LogP) is 1.95. The van der Waals surface area contributed by atoms with Gasteiger partial charge >= 0.3 is 0 Å². The van der Waals surface area contributed by atoms with E-state index in [0.717, 1.165) is 18.9 Å². The van der Waals surface area contributed by atoms with Gasteiger partial charge in [0.05, 0.1) is 0 Å². The zero-order valence-electron chi connectivity index (χ0n) is 6.98. The average Bonchev–Trinajstić information content (AvgIpc) is 2.34. The highest BCUT2D eigenvalue weighted by atomic mass is 14.9. The van der Waals surface area contributed by atoms with Crippen molar-refractivity contribution >= 4 is 0 Å². The van der Waals surface area contributed by atoms with Crippen LogP contribution in [0.3, 0.4) is 0 Å². The lowest BCUT2D eigenvalue weighted by molar-refractivity contribution is 0.629. The van der Waals surface area contributed by atoms with E-state index in [9.17, 15) is 0 Å². The predicted molar refractivity (Wildman–Crippen MR) is 45.0 cm³/mol. The standard InChI is InChI=1S/C9H17N/c1-4-7(2)9-5-8(3)10-6-9/h8-10H,2,4-6H2,1,3H3. The molecule has 0 aliphatic carbocycles. The van der Waals surface area contributed by atoms with Crippen molar-refractivity contribution in [2.75, 3.05) is 6.54 Å². The Kier molecular flexibility index (Phi) is 2.50. The summed E-state index contributed by atoms with van der Waals surface area (Å²) in [5.41, 5.74) is 1.41. The third-order valence-electron chi connectivity index (χ3n) is 2.38. The van der Waals surface area contributed by atoms with Crippen molar-refractivity contribution in [1.82, 2.24) is 5.32 Å². The maximum Gasteiger partial charge on any atom is 0.00451 e. The first-order chi connectivity index (χ1) is 4.74. The van der Waals surface area contributed by atoms with Crippen molar-refractivity contribution in [1.29, 1.82) is 0 Å². The van der Waals surface area contributed by atoms with Crippen LogP contribution in [0.25, 0.3) is 0 Å². The maximum absolute atomic E-state index is 4.05. The van der Waals surface area contributed by atoms with E-state index in [-0.39, 0.29) is 0 Å². The highest BCUT2D eigenvalue weighted by molar-refractivity contribution is 5.04. The molecule has 1 nitrogen and oxygen atoms in total. The Morgan fingerprint density at radius 1 is 1.70 bits per heavy atom. The quantitative estimate of drug-likeness (QED) is 0.577. The minimum absolute atomic E-state index is 0.702. The highest BCUT2D eigenvalue weighted by Crippen LogP contribution is 2.22. The number of nitrogens with one attached hydrogen (secondary N) is 1. The van der Waals surface area contributed by atoms with Crippen molar-refractivity contribution in [3.05, 3.63) is 12.2 Å². The summed E-state index contributed by atoms with van der Waals surface area (Å²) in [5.74, 6) is 0.750. The first kappa shape index (κ1) is 7.80. The minimum atomic E-state index is 0.702. The molecule has 1 fully saturated rings. The summed E-state index contributed by atoms with van der Waals surface area (Å²) in [4.78, 5) is 0. The first-order valence-electron chi connectivity index (χ1n) is 4.15. The highest BCUT2D eigenvalue weighted by Gasteiger charge is 2.21. The largest absolute Gasteiger partial charge is 0.314 e. The Morgan fingerprint density at radius 3 is 2.80 bits per heavy atom. The van der Waals surface area contributed by atoms with Gasteiger partial charge in [-0.25, -0.2) is 0 Å². The minimum Gasteiger partial charge on any atom is -0.314 e. The number of hydrogen-bond acceptors (Lipinski definition) is 1. The van der Waals surface area contributed by atoms with Crippen LogP contribution in [0.15, 0.2) is 12.2 Å². The molecular weight excluding hydrogens is 122 g/mol. The Morgan fingerprint density at radius 2 is 2.40 bits per heavy atom. The Hall–Kier alpha value is -0.300. The monoisotopic (exact) mass is 139 g/mol. The van der Waals surface area contributed by atoms with Crippen molar-refractivity contribution in [3.63, 3.8) is 0 Å². The molecule has 1 rings (SSSR count). The van der Waals surface area contributed by atoms with Gasteiger partial charge in [-0.15, -0.1) is 0 Å². The van der Waals surface area contributed by atoms with Crippen LogP contribution in [-0.4, -0.2) is 12.6 Å². The normalized spacial score (nSPS) is 32.6. The Labute approximate surface area is 63.5 Å². The van der Waals surface area contributed by atoms with Gasteiger partial charge in [0, 0.05) is 12.6 Å². The lowest BCUT2D eigenvalue weighted by Gasteiger charge is -2.08. The third-order valence-corrected chi connectivity index (χ3v) is 2.38. The molecule has 1 heterocycles. The summed E-state index contributed by atoms with van der Waals surface area (Å²) in [7, 11) is 0. The van der Waals surface area contributed by atoms with E-state index in [1.54, 1.807) is 0 Å². The molecule has 1 N–H and O–H groups in total. The van der Waals surface area contributed by atoms with Gasteiger partial charge in [0.1, 0.15) is 0 Å². The molecule has 0 aromatic rings. The fourth-order valence-electron chi connectivity index (χ4n) is 1.54. The summed E-state index contributed by atoms with van der Waals surface area (Å²) in [5, 5.41) is 3.42. The average molecular weight is 139 g/mol. The molecule has 1 heteroatoms. The molecule has 0 radical (unpaired) electrons. The molecule has 58 valence electrons. The zero-order valence-corrected chi connectivity index (χ0v) is 6.98. The SMILES string of the molecule is C=C(CC)C1CNC(C)C1. The third kappa shape index (κ3) is 1.60. The van der Waals surface area contributed by atoms with Gasteiger partial charge in [-0.05, 0) is 25.7 Å². The van der Waals surface area contributed by atoms with Crippen LogP contribution in [0, 0.1) is 5.92 Å². The summed E-state index contributed by atoms with van der Waals surface area (Å²) in [6, 6.07) is 0.702. The summed E-state index contributed by atoms with van der Waals surface area (Å²) in [6.07, 6.45) is 2.42. The molecule has 0 aromatic carbocycles. The summed E-state index contributed by atoms with van der Waals surface area (Å²) < 4.78 is 0. The first-order valence-corrected chi connectivity index (χ1v) is 4.15. The van der Waals surface area contributed by atoms with Crippen LogP contribution in [0.1, 0.15) is 26.7 Å². The van der Waals surface area contributed by atoms with E-state index >= 15 is 0 Å². The van der Waals surface area contributed by atoms with Gasteiger partial charge in [-0.2, -0.15) is 0 Å². The van der Waals surface area contributed by atoms with Gasteiger partial charge in [0.15, 0.2) is 0 Å². The summed E-state index contributed by atoms with van der Waals surface area (Å²) in [6.45, 7) is 9.62. The van der Waals surface area contributed by atoms with Crippen molar-refractivity contribution in [2.24, 2.45) is 5.92 Å². The lowest BCUT2D eigenvalue weighted by Crippen LogP contribution is -2.16. The fourth-order valence-corrected chi connectivity index (χ4v) is 1.54. The van der Waals surface area contributed by atoms with E-state index in [1.807, 2.05) is 0 Å². The molecule has 1 aliphatic heterocycles. The van der Waals surface area contributed by atoms with Crippen molar-refractivity contribution < 1.29 is 0 Å². The molecule has 1 saturated heterocycles. The van der Waals surface area contributed by atoms with E-state index in [2.05, 4.69) is 25.7 Å². The molecule has 1 aliphatic rings. The molecule has 0 bridgehead atoms. The van der Waals surface area contributed by atoms with Gasteiger partial charge in [0.25, 0.3) is 0 Å². The van der Waals surface area contributed by atoms with Crippen LogP contribution in [0.4, 0.5) is 0 Å². The molecule has 0 amide bonds. The van der Waals surface area contributed by atoms with Crippen molar-refractivity contribution in [3.8, 4) is 0 Å². The van der Waals surface area contributed by atoms with E-state index in [4.69, 9.17) is 0 Å². The molecule has 2 unspecified atom stereocenters. The van der Waals surface area contributed by atoms with E-state index < -0.39 is 0 Å². The molecule has 0 aromatic heterocycles. The lowest BCUT2D eigenvalue weighted by atomic mass is 9.96. The van der Waals surface area contributed by atoms with E-state index in [0.29, 0.717) is 6.04 Å². The topological polar surface area (TPSA) is 12.0 Å². The molecular formula is C9H17N. The smallest absolute Gasteiger partial charge is 0.00451 e.